The Hall–Kier alpha value is -2.15. The highest BCUT2D eigenvalue weighted by atomic mass is 35.5. The minimum Gasteiger partial charge on any atom is -0.481 e. The molecule has 1 saturated heterocycles. The normalized spacial score (nSPS) is 21.3. The van der Waals surface area contributed by atoms with E-state index in [1.165, 1.54) is 23.1 Å². The van der Waals surface area contributed by atoms with Gasteiger partial charge in [0.1, 0.15) is 5.56 Å². The maximum absolute atomic E-state index is 12.4. The average Bonchev–Trinajstić information content (AvgIpc) is 2.79. The van der Waals surface area contributed by atoms with Crippen molar-refractivity contribution in [1.82, 2.24) is 4.90 Å². The summed E-state index contributed by atoms with van der Waals surface area (Å²) >= 11 is 5.79. The van der Waals surface area contributed by atoms with Crippen LogP contribution in [0.15, 0.2) is 18.2 Å². The van der Waals surface area contributed by atoms with Crippen molar-refractivity contribution >= 4 is 29.2 Å². The lowest BCUT2D eigenvalue weighted by Gasteiger charge is -2.16. The van der Waals surface area contributed by atoms with E-state index in [0.29, 0.717) is 0 Å². The number of nitro groups is 1. The van der Waals surface area contributed by atoms with Gasteiger partial charge in [-0.2, -0.15) is 0 Å². The molecule has 1 aliphatic rings. The molecule has 0 bridgehead atoms. The van der Waals surface area contributed by atoms with Gasteiger partial charge in [0, 0.05) is 24.2 Å². The number of nitrogens with zero attached hydrogens (tertiary/aromatic N) is 2. The topological polar surface area (TPSA) is 101 Å². The summed E-state index contributed by atoms with van der Waals surface area (Å²) in [6, 6.07) is 3.74. The smallest absolute Gasteiger partial charge is 0.308 e. The molecule has 0 aromatic heterocycles. The van der Waals surface area contributed by atoms with Gasteiger partial charge in [0.05, 0.1) is 10.8 Å². The summed E-state index contributed by atoms with van der Waals surface area (Å²) in [7, 11) is 0. The fourth-order valence-electron chi connectivity index (χ4n) is 2.46. The van der Waals surface area contributed by atoms with E-state index >= 15 is 0 Å². The van der Waals surface area contributed by atoms with Crippen LogP contribution in [0.4, 0.5) is 5.69 Å². The van der Waals surface area contributed by atoms with E-state index in [4.69, 9.17) is 16.7 Å². The maximum atomic E-state index is 12.4. The number of aliphatic carboxylic acids is 1. The second-order valence-electron chi connectivity index (χ2n) is 5.05. The van der Waals surface area contributed by atoms with Gasteiger partial charge in [-0.1, -0.05) is 18.5 Å². The predicted octanol–water partition coefficient (Wildman–Crippen LogP) is 2.04. The zero-order valence-electron chi connectivity index (χ0n) is 11.2. The molecule has 1 aromatic carbocycles. The van der Waals surface area contributed by atoms with Crippen LogP contribution in [0.3, 0.4) is 0 Å². The van der Waals surface area contributed by atoms with Crippen molar-refractivity contribution in [2.24, 2.45) is 11.8 Å². The highest BCUT2D eigenvalue weighted by molar-refractivity contribution is 6.31. The van der Waals surface area contributed by atoms with Crippen LogP contribution < -0.4 is 0 Å². The first-order valence-corrected chi connectivity index (χ1v) is 6.65. The van der Waals surface area contributed by atoms with Gasteiger partial charge < -0.3 is 10.0 Å². The highest BCUT2D eigenvalue weighted by Gasteiger charge is 2.38. The van der Waals surface area contributed by atoms with Crippen molar-refractivity contribution in [1.29, 1.82) is 0 Å². The summed E-state index contributed by atoms with van der Waals surface area (Å²) in [5.41, 5.74) is -0.457. The Morgan fingerprint density at radius 2 is 2.10 bits per heavy atom. The number of hydrogen-bond donors (Lipinski definition) is 1. The molecule has 1 fully saturated rings. The number of carbonyl (C=O) groups excluding carboxylic acids is 1. The molecular formula is C13H13ClN2O5. The fourth-order valence-corrected chi connectivity index (χ4v) is 2.64. The predicted molar refractivity (Wildman–Crippen MR) is 74.3 cm³/mol. The lowest BCUT2D eigenvalue weighted by molar-refractivity contribution is -0.385. The van der Waals surface area contributed by atoms with Gasteiger partial charge in [0.25, 0.3) is 11.6 Å². The Balaban J connectivity index is 2.31. The molecule has 7 nitrogen and oxygen atoms in total. The van der Waals surface area contributed by atoms with Crippen LogP contribution in [0.25, 0.3) is 0 Å². The second kappa shape index (κ2) is 5.69. The molecule has 2 rings (SSSR count). The zero-order chi connectivity index (χ0) is 15.7. The number of likely N-dealkylation sites (tertiary alicyclic amines) is 1. The summed E-state index contributed by atoms with van der Waals surface area (Å²) < 4.78 is 0. The molecule has 1 amide bonds. The van der Waals surface area contributed by atoms with Gasteiger partial charge in [-0.15, -0.1) is 0 Å². The van der Waals surface area contributed by atoms with Crippen LogP contribution in [0.1, 0.15) is 17.3 Å². The first-order chi connectivity index (χ1) is 9.81. The summed E-state index contributed by atoms with van der Waals surface area (Å²) in [6.45, 7) is 2.02. The largest absolute Gasteiger partial charge is 0.481 e. The molecule has 2 unspecified atom stereocenters. The Labute approximate surface area is 125 Å². The number of carboxylic acid groups (broad SMARTS) is 1. The maximum Gasteiger partial charge on any atom is 0.308 e. The van der Waals surface area contributed by atoms with Crippen LogP contribution in [-0.2, 0) is 4.79 Å². The minimum atomic E-state index is -0.974. The van der Waals surface area contributed by atoms with Gasteiger partial charge in [-0.3, -0.25) is 19.7 Å². The lowest BCUT2D eigenvalue weighted by Crippen LogP contribution is -2.30. The number of nitro benzene ring substituents is 1. The molecule has 0 radical (unpaired) electrons. The third kappa shape index (κ3) is 2.97. The fraction of sp³-hybridized carbons (Fsp3) is 0.385. The Morgan fingerprint density at radius 1 is 1.43 bits per heavy atom. The molecule has 21 heavy (non-hydrogen) atoms. The van der Waals surface area contributed by atoms with E-state index in [9.17, 15) is 19.7 Å². The minimum absolute atomic E-state index is 0.0407. The van der Waals surface area contributed by atoms with E-state index in [2.05, 4.69) is 0 Å². The van der Waals surface area contributed by atoms with Crippen molar-refractivity contribution in [3.63, 3.8) is 0 Å². The molecule has 1 aromatic rings. The van der Waals surface area contributed by atoms with Gasteiger partial charge in [-0.25, -0.2) is 0 Å². The molecule has 1 aliphatic heterocycles. The van der Waals surface area contributed by atoms with Crippen LogP contribution in [0, 0.1) is 22.0 Å². The summed E-state index contributed by atoms with van der Waals surface area (Å²) in [6.07, 6.45) is 0. The molecule has 1 heterocycles. The molecule has 0 spiro atoms. The molecule has 8 heteroatoms. The number of halogens is 1. The molecule has 0 aliphatic carbocycles. The van der Waals surface area contributed by atoms with Crippen molar-refractivity contribution < 1.29 is 19.6 Å². The number of carboxylic acids is 1. The Kier molecular flexibility index (Phi) is 4.13. The van der Waals surface area contributed by atoms with Crippen LogP contribution in [-0.4, -0.2) is 39.9 Å². The van der Waals surface area contributed by atoms with Crippen LogP contribution in [0.5, 0.6) is 0 Å². The summed E-state index contributed by atoms with van der Waals surface area (Å²) in [5.74, 6) is -2.41. The third-order valence-corrected chi connectivity index (χ3v) is 3.84. The first-order valence-electron chi connectivity index (χ1n) is 6.27. The second-order valence-corrected chi connectivity index (χ2v) is 5.49. The van der Waals surface area contributed by atoms with E-state index in [0.717, 1.165) is 0 Å². The number of rotatable bonds is 3. The van der Waals surface area contributed by atoms with Crippen molar-refractivity contribution in [2.45, 2.75) is 6.92 Å². The number of benzene rings is 1. The van der Waals surface area contributed by atoms with Gasteiger partial charge in [-0.05, 0) is 18.1 Å². The summed E-state index contributed by atoms with van der Waals surface area (Å²) in [4.78, 5) is 35.1. The van der Waals surface area contributed by atoms with E-state index in [1.807, 2.05) is 0 Å². The quantitative estimate of drug-likeness (QED) is 0.680. The molecule has 2 atom stereocenters. The monoisotopic (exact) mass is 312 g/mol. The van der Waals surface area contributed by atoms with E-state index in [-0.39, 0.29) is 35.3 Å². The Morgan fingerprint density at radius 3 is 2.62 bits per heavy atom. The van der Waals surface area contributed by atoms with Crippen molar-refractivity contribution in [3.8, 4) is 0 Å². The van der Waals surface area contributed by atoms with Gasteiger partial charge in [0.15, 0.2) is 0 Å². The Bertz CT molecular complexity index is 619. The molecule has 112 valence electrons. The number of hydrogen-bond acceptors (Lipinski definition) is 4. The highest BCUT2D eigenvalue weighted by Crippen LogP contribution is 2.29. The standard InChI is InChI=1S/C13H13ClN2O5/c1-7-5-15(6-10(7)13(18)19)12(17)9-4-8(14)2-3-11(9)16(20)21/h2-4,7,10H,5-6H2,1H3,(H,18,19). The third-order valence-electron chi connectivity index (χ3n) is 3.60. The van der Waals surface area contributed by atoms with Crippen LogP contribution in [0.2, 0.25) is 5.02 Å². The molecule has 0 saturated carbocycles. The van der Waals surface area contributed by atoms with Gasteiger partial charge >= 0.3 is 5.97 Å². The average molecular weight is 313 g/mol. The zero-order valence-corrected chi connectivity index (χ0v) is 11.9. The van der Waals surface area contributed by atoms with E-state index < -0.39 is 22.7 Å². The van der Waals surface area contributed by atoms with Crippen molar-refractivity contribution in [2.75, 3.05) is 13.1 Å². The van der Waals surface area contributed by atoms with Gasteiger partial charge in [0.2, 0.25) is 0 Å². The lowest BCUT2D eigenvalue weighted by atomic mass is 9.99. The number of carbonyl (C=O) groups is 2. The first kappa shape index (κ1) is 15.2. The summed E-state index contributed by atoms with van der Waals surface area (Å²) in [5, 5.41) is 20.3. The SMILES string of the molecule is CC1CN(C(=O)c2cc(Cl)ccc2[N+](=O)[O-])CC1C(=O)O. The van der Waals surface area contributed by atoms with Crippen molar-refractivity contribution in [3.05, 3.63) is 38.9 Å². The van der Waals surface area contributed by atoms with E-state index in [1.54, 1.807) is 6.92 Å². The molecular weight excluding hydrogens is 300 g/mol. The van der Waals surface area contributed by atoms with Crippen LogP contribution >= 0.6 is 11.6 Å². The number of amides is 1. The molecule has 1 N–H and O–H groups in total.